The van der Waals surface area contributed by atoms with Gasteiger partial charge in [-0.3, -0.25) is 4.79 Å². The number of carbonyl (C=O) groups is 1. The van der Waals surface area contributed by atoms with Crippen molar-refractivity contribution >= 4 is 5.97 Å². The number of hydrogen-bond donors (Lipinski definition) is 1. The molecule has 0 aliphatic heterocycles. The Kier molecular flexibility index (Phi) is 23.2. The second kappa shape index (κ2) is 23.7. The zero-order valence-corrected chi connectivity index (χ0v) is 20.0. The molecular formula is C26H53NO2. The van der Waals surface area contributed by atoms with Crippen LogP contribution in [0.5, 0.6) is 0 Å². The quantitative estimate of drug-likeness (QED) is 0.136. The van der Waals surface area contributed by atoms with Crippen molar-refractivity contribution in [1.29, 1.82) is 0 Å². The molecule has 0 rings (SSSR count). The van der Waals surface area contributed by atoms with Gasteiger partial charge in [-0.2, -0.15) is 0 Å². The predicted octanol–water partition coefficient (Wildman–Crippen LogP) is 8.09. The summed E-state index contributed by atoms with van der Waals surface area (Å²) in [5, 5.41) is 0. The largest absolute Gasteiger partial charge is 0.461 e. The number of carbonyl (C=O) groups excluding carboxylic acids is 1. The molecule has 0 aromatic heterocycles. The summed E-state index contributed by atoms with van der Waals surface area (Å²) in [6, 6.07) is 0. The molecule has 0 bridgehead atoms. The first-order chi connectivity index (χ1) is 14.2. The van der Waals surface area contributed by atoms with Gasteiger partial charge in [-0.15, -0.1) is 0 Å². The minimum atomic E-state index is -0.0946. The summed E-state index contributed by atoms with van der Waals surface area (Å²) in [6.07, 6.45) is 27.3. The number of rotatable bonds is 23. The molecule has 0 aromatic carbocycles. The molecule has 174 valence electrons. The number of ether oxygens (including phenoxy) is 1. The topological polar surface area (TPSA) is 52.3 Å². The van der Waals surface area contributed by atoms with Gasteiger partial charge in [0.25, 0.3) is 0 Å². The standard InChI is InChI=1S/C26H53NO2/c1-3-5-6-7-8-9-10-11-12-13-14-15-16-17-18-19-20-21-22-23-26(28)29-25(4-2)24-27/h25H,3-24,27H2,1-2H3. The molecule has 0 spiro atoms. The van der Waals surface area contributed by atoms with E-state index in [1.165, 1.54) is 109 Å². The van der Waals surface area contributed by atoms with E-state index in [0.29, 0.717) is 13.0 Å². The summed E-state index contributed by atoms with van der Waals surface area (Å²) in [5.74, 6) is -0.0747. The van der Waals surface area contributed by atoms with Crippen molar-refractivity contribution in [3.63, 3.8) is 0 Å². The second-order valence-corrected chi connectivity index (χ2v) is 8.87. The molecular weight excluding hydrogens is 358 g/mol. The summed E-state index contributed by atoms with van der Waals surface area (Å²) in [5.41, 5.74) is 5.56. The van der Waals surface area contributed by atoms with Crippen molar-refractivity contribution in [3.05, 3.63) is 0 Å². The first kappa shape index (κ1) is 28.4. The Morgan fingerprint density at radius 3 is 1.28 bits per heavy atom. The lowest BCUT2D eigenvalue weighted by Gasteiger charge is -2.13. The fourth-order valence-corrected chi connectivity index (χ4v) is 3.89. The highest BCUT2D eigenvalue weighted by molar-refractivity contribution is 5.69. The van der Waals surface area contributed by atoms with Gasteiger partial charge in [0.15, 0.2) is 0 Å². The van der Waals surface area contributed by atoms with E-state index in [9.17, 15) is 4.79 Å². The van der Waals surface area contributed by atoms with Gasteiger partial charge >= 0.3 is 5.97 Å². The van der Waals surface area contributed by atoms with Crippen LogP contribution in [0.2, 0.25) is 0 Å². The van der Waals surface area contributed by atoms with E-state index in [-0.39, 0.29) is 12.1 Å². The van der Waals surface area contributed by atoms with Crippen molar-refractivity contribution in [2.45, 2.75) is 155 Å². The first-order valence-corrected chi connectivity index (χ1v) is 13.1. The van der Waals surface area contributed by atoms with Crippen LogP contribution in [0.3, 0.4) is 0 Å². The van der Waals surface area contributed by atoms with Gasteiger partial charge in [0.05, 0.1) is 0 Å². The Hall–Kier alpha value is -0.570. The van der Waals surface area contributed by atoms with Crippen molar-refractivity contribution in [2.75, 3.05) is 6.54 Å². The van der Waals surface area contributed by atoms with Gasteiger partial charge in [-0.25, -0.2) is 0 Å². The Morgan fingerprint density at radius 1 is 0.621 bits per heavy atom. The Labute approximate surface area is 182 Å². The van der Waals surface area contributed by atoms with Gasteiger partial charge in [0.1, 0.15) is 6.10 Å². The normalized spacial score (nSPS) is 12.2. The van der Waals surface area contributed by atoms with Gasteiger partial charge in [0.2, 0.25) is 0 Å². The van der Waals surface area contributed by atoms with E-state index in [2.05, 4.69) is 6.92 Å². The molecule has 0 fully saturated rings. The molecule has 1 atom stereocenters. The number of hydrogen-bond acceptors (Lipinski definition) is 3. The minimum absolute atomic E-state index is 0.0747. The SMILES string of the molecule is CCCCCCCCCCCCCCCCCCCCCC(=O)OC(CC)CN. The van der Waals surface area contributed by atoms with Crippen LogP contribution in [-0.4, -0.2) is 18.6 Å². The smallest absolute Gasteiger partial charge is 0.306 e. The Balaban J connectivity index is 3.14. The number of esters is 1. The predicted molar refractivity (Wildman–Crippen MR) is 127 cm³/mol. The number of nitrogens with two attached hydrogens (primary N) is 1. The zero-order valence-electron chi connectivity index (χ0n) is 20.0. The fraction of sp³-hybridized carbons (Fsp3) is 0.962. The molecule has 1 unspecified atom stereocenters. The fourth-order valence-electron chi connectivity index (χ4n) is 3.89. The molecule has 0 saturated carbocycles. The van der Waals surface area contributed by atoms with Crippen LogP contribution in [0.1, 0.15) is 149 Å². The van der Waals surface area contributed by atoms with Crippen molar-refractivity contribution in [1.82, 2.24) is 0 Å². The maximum absolute atomic E-state index is 11.7. The molecule has 0 amide bonds. The van der Waals surface area contributed by atoms with Crippen molar-refractivity contribution < 1.29 is 9.53 Å². The lowest BCUT2D eigenvalue weighted by atomic mass is 10.0. The second-order valence-electron chi connectivity index (χ2n) is 8.87. The van der Waals surface area contributed by atoms with Crippen LogP contribution in [-0.2, 0) is 9.53 Å². The number of unbranched alkanes of at least 4 members (excludes halogenated alkanes) is 18. The van der Waals surface area contributed by atoms with Crippen LogP contribution in [0.25, 0.3) is 0 Å². The minimum Gasteiger partial charge on any atom is -0.461 e. The van der Waals surface area contributed by atoms with Crippen LogP contribution in [0, 0.1) is 0 Å². The third-order valence-corrected chi connectivity index (χ3v) is 6.00. The van der Waals surface area contributed by atoms with Gasteiger partial charge in [-0.05, 0) is 12.8 Å². The average molecular weight is 412 g/mol. The van der Waals surface area contributed by atoms with Crippen LogP contribution in [0.15, 0.2) is 0 Å². The molecule has 0 aliphatic rings. The lowest BCUT2D eigenvalue weighted by Crippen LogP contribution is -2.25. The lowest BCUT2D eigenvalue weighted by molar-refractivity contribution is -0.148. The van der Waals surface area contributed by atoms with Crippen LogP contribution >= 0.6 is 0 Å². The molecule has 3 heteroatoms. The van der Waals surface area contributed by atoms with Gasteiger partial charge in [0, 0.05) is 13.0 Å². The summed E-state index contributed by atoms with van der Waals surface area (Å²) in [6.45, 7) is 4.72. The van der Waals surface area contributed by atoms with E-state index < -0.39 is 0 Å². The van der Waals surface area contributed by atoms with E-state index in [1.807, 2.05) is 6.92 Å². The third-order valence-electron chi connectivity index (χ3n) is 6.00. The summed E-state index contributed by atoms with van der Waals surface area (Å²) in [7, 11) is 0. The van der Waals surface area contributed by atoms with Crippen molar-refractivity contribution in [2.24, 2.45) is 5.73 Å². The molecule has 0 aliphatic carbocycles. The highest BCUT2D eigenvalue weighted by atomic mass is 16.5. The maximum Gasteiger partial charge on any atom is 0.306 e. The van der Waals surface area contributed by atoms with E-state index >= 15 is 0 Å². The summed E-state index contributed by atoms with van der Waals surface area (Å²) in [4.78, 5) is 11.7. The molecule has 2 N–H and O–H groups in total. The molecule has 0 aromatic rings. The molecule has 29 heavy (non-hydrogen) atoms. The first-order valence-electron chi connectivity index (χ1n) is 13.1. The van der Waals surface area contributed by atoms with Gasteiger partial charge in [-0.1, -0.05) is 129 Å². The monoisotopic (exact) mass is 411 g/mol. The summed E-state index contributed by atoms with van der Waals surface area (Å²) < 4.78 is 5.32. The molecule has 0 heterocycles. The van der Waals surface area contributed by atoms with Crippen LogP contribution in [0.4, 0.5) is 0 Å². The van der Waals surface area contributed by atoms with Crippen molar-refractivity contribution in [3.8, 4) is 0 Å². The average Bonchev–Trinajstić information content (AvgIpc) is 2.73. The van der Waals surface area contributed by atoms with E-state index in [1.54, 1.807) is 0 Å². The highest BCUT2D eigenvalue weighted by Crippen LogP contribution is 2.15. The molecule has 0 saturated heterocycles. The third kappa shape index (κ3) is 21.9. The van der Waals surface area contributed by atoms with E-state index in [0.717, 1.165) is 19.3 Å². The van der Waals surface area contributed by atoms with Gasteiger partial charge < -0.3 is 10.5 Å². The maximum atomic E-state index is 11.7. The van der Waals surface area contributed by atoms with E-state index in [4.69, 9.17) is 10.5 Å². The zero-order chi connectivity index (χ0) is 21.4. The Morgan fingerprint density at radius 2 is 0.966 bits per heavy atom. The molecule has 3 nitrogen and oxygen atoms in total. The van der Waals surface area contributed by atoms with Crippen LogP contribution < -0.4 is 5.73 Å². The Bertz CT molecular complexity index is 329. The summed E-state index contributed by atoms with van der Waals surface area (Å²) >= 11 is 0. The molecule has 0 radical (unpaired) electrons. The highest BCUT2D eigenvalue weighted by Gasteiger charge is 2.09.